The van der Waals surface area contributed by atoms with Crippen molar-refractivity contribution in [3.63, 3.8) is 0 Å². The van der Waals surface area contributed by atoms with Crippen LogP contribution in [-0.4, -0.2) is 6.66 Å². The monoisotopic (exact) mass is 241 g/mol. The van der Waals surface area contributed by atoms with Crippen molar-refractivity contribution in [2.24, 2.45) is 0 Å². The van der Waals surface area contributed by atoms with Crippen LogP contribution in [-0.2, 0) is 0 Å². The highest BCUT2D eigenvalue weighted by molar-refractivity contribution is 7.15. The fourth-order valence-corrected chi connectivity index (χ4v) is 2.05. The Balaban J connectivity index is 0.000000514. The molecule has 0 saturated heterocycles. The van der Waals surface area contributed by atoms with Gasteiger partial charge in [-0.15, -0.1) is 9.24 Å². The molecule has 3 aromatic carbocycles. The summed E-state index contributed by atoms with van der Waals surface area (Å²) in [6.45, 7) is 1.92. The number of nitrogen functional groups attached to an aromatic ring is 1. The molecule has 0 aliphatic carbocycles. The number of anilines is 1. The van der Waals surface area contributed by atoms with Crippen molar-refractivity contribution in [1.29, 1.82) is 0 Å². The van der Waals surface area contributed by atoms with Crippen molar-refractivity contribution in [1.82, 2.24) is 0 Å². The Hall–Kier alpha value is -1.59. The molecule has 0 heterocycles. The van der Waals surface area contributed by atoms with Crippen LogP contribution in [0.4, 0.5) is 5.69 Å². The van der Waals surface area contributed by atoms with Crippen molar-refractivity contribution in [2.45, 2.75) is 0 Å². The Morgan fingerprint density at radius 1 is 0.765 bits per heavy atom. The van der Waals surface area contributed by atoms with Crippen LogP contribution in [0.2, 0.25) is 0 Å². The highest BCUT2D eigenvalue weighted by Gasteiger charge is 2.02. The summed E-state index contributed by atoms with van der Waals surface area (Å²) in [6, 6.07) is 18.6. The van der Waals surface area contributed by atoms with E-state index in [4.69, 9.17) is 5.73 Å². The van der Waals surface area contributed by atoms with E-state index in [1.165, 1.54) is 10.8 Å². The highest BCUT2D eigenvalue weighted by Crippen LogP contribution is 2.29. The molecule has 3 rings (SSSR count). The molecule has 0 fully saturated rings. The first-order valence-corrected chi connectivity index (χ1v) is 6.75. The molecular formula is C15H16NP. The van der Waals surface area contributed by atoms with Crippen LogP contribution < -0.4 is 5.73 Å². The quantitative estimate of drug-likeness (QED) is 0.358. The van der Waals surface area contributed by atoms with Gasteiger partial charge in [0.05, 0.1) is 0 Å². The zero-order valence-corrected chi connectivity index (χ0v) is 11.0. The average molecular weight is 241 g/mol. The normalized spacial score (nSPS) is 10.0. The van der Waals surface area contributed by atoms with Crippen LogP contribution in [0.3, 0.4) is 0 Å². The number of rotatable bonds is 0. The third-order valence-electron chi connectivity index (χ3n) is 2.81. The van der Waals surface area contributed by atoms with E-state index in [2.05, 4.69) is 39.6 Å². The summed E-state index contributed by atoms with van der Waals surface area (Å²) in [4.78, 5) is 0. The van der Waals surface area contributed by atoms with Crippen LogP contribution in [0.1, 0.15) is 0 Å². The Morgan fingerprint density at radius 3 is 1.65 bits per heavy atom. The van der Waals surface area contributed by atoms with Gasteiger partial charge < -0.3 is 5.73 Å². The fraction of sp³-hybridized carbons (Fsp3) is 0.0667. The van der Waals surface area contributed by atoms with E-state index in [0.29, 0.717) is 0 Å². The summed E-state index contributed by atoms with van der Waals surface area (Å²) in [7, 11) is 2.42. The molecule has 0 spiro atoms. The van der Waals surface area contributed by atoms with Gasteiger partial charge in [0, 0.05) is 16.5 Å². The van der Waals surface area contributed by atoms with Crippen LogP contribution >= 0.6 is 9.24 Å². The minimum absolute atomic E-state index is 0.878. The molecule has 3 aromatic rings. The number of nitrogens with two attached hydrogens (primary N) is 1. The van der Waals surface area contributed by atoms with E-state index in [9.17, 15) is 0 Å². The molecule has 0 aromatic heterocycles. The molecule has 0 aliphatic rings. The maximum Gasteiger partial charge on any atom is 0.0473 e. The number of hydrogen-bond acceptors (Lipinski definition) is 1. The standard InChI is InChI=1S/C14H11N.CH5P/c15-14-12-7-3-1-5-10(12)9-11-6-2-4-8-13(11)14;1-2/h1-9H,15H2;2H2,1H3. The zero-order chi connectivity index (χ0) is 12.3. The summed E-state index contributed by atoms with van der Waals surface area (Å²) >= 11 is 0. The predicted molar refractivity (Wildman–Crippen MR) is 81.5 cm³/mol. The number of fused-ring (bicyclic) bond motifs is 2. The Bertz CT molecular complexity index is 593. The molecule has 17 heavy (non-hydrogen) atoms. The van der Waals surface area contributed by atoms with E-state index in [-0.39, 0.29) is 0 Å². The van der Waals surface area contributed by atoms with Gasteiger partial charge in [-0.25, -0.2) is 0 Å². The minimum atomic E-state index is 0.878. The zero-order valence-electron chi connectivity index (χ0n) is 9.85. The molecule has 1 nitrogen and oxygen atoms in total. The van der Waals surface area contributed by atoms with E-state index >= 15 is 0 Å². The molecule has 0 aliphatic heterocycles. The third kappa shape index (κ3) is 2.11. The van der Waals surface area contributed by atoms with Crippen molar-refractivity contribution in [3.8, 4) is 0 Å². The van der Waals surface area contributed by atoms with E-state index < -0.39 is 0 Å². The van der Waals surface area contributed by atoms with Gasteiger partial charge in [-0.3, -0.25) is 0 Å². The van der Waals surface area contributed by atoms with Gasteiger partial charge in [0.25, 0.3) is 0 Å². The summed E-state index contributed by atoms with van der Waals surface area (Å²) in [5.41, 5.74) is 7.03. The van der Waals surface area contributed by atoms with Gasteiger partial charge in [-0.1, -0.05) is 55.2 Å². The molecule has 2 heteroatoms. The maximum absolute atomic E-state index is 6.15. The van der Waals surface area contributed by atoms with Gasteiger partial charge in [0.1, 0.15) is 0 Å². The van der Waals surface area contributed by atoms with E-state index in [0.717, 1.165) is 16.5 Å². The summed E-state index contributed by atoms with van der Waals surface area (Å²) in [6.07, 6.45) is 0. The van der Waals surface area contributed by atoms with Crippen LogP contribution in [0.25, 0.3) is 21.5 Å². The Kier molecular flexibility index (Phi) is 3.61. The van der Waals surface area contributed by atoms with Crippen molar-refractivity contribution >= 4 is 36.5 Å². The van der Waals surface area contributed by atoms with Gasteiger partial charge in [0.15, 0.2) is 0 Å². The highest BCUT2D eigenvalue weighted by atomic mass is 31.0. The summed E-state index contributed by atoms with van der Waals surface area (Å²) < 4.78 is 0. The Morgan fingerprint density at radius 2 is 1.18 bits per heavy atom. The molecular weight excluding hydrogens is 225 g/mol. The maximum atomic E-state index is 6.15. The van der Waals surface area contributed by atoms with Gasteiger partial charge in [-0.05, 0) is 16.8 Å². The van der Waals surface area contributed by atoms with Crippen molar-refractivity contribution in [3.05, 3.63) is 54.6 Å². The van der Waals surface area contributed by atoms with E-state index in [1.807, 2.05) is 30.9 Å². The molecule has 2 N–H and O–H groups in total. The number of hydrogen-bond donors (Lipinski definition) is 1. The second kappa shape index (κ2) is 5.16. The van der Waals surface area contributed by atoms with E-state index in [1.54, 1.807) is 0 Å². The van der Waals surface area contributed by atoms with Crippen molar-refractivity contribution in [2.75, 3.05) is 12.4 Å². The third-order valence-corrected chi connectivity index (χ3v) is 2.81. The van der Waals surface area contributed by atoms with Crippen LogP contribution in [0.5, 0.6) is 0 Å². The fourth-order valence-electron chi connectivity index (χ4n) is 2.05. The molecule has 0 bridgehead atoms. The molecule has 86 valence electrons. The summed E-state index contributed by atoms with van der Waals surface area (Å²) in [5, 5.41) is 4.68. The smallest absolute Gasteiger partial charge is 0.0473 e. The SMILES string of the molecule is CP.Nc1c2ccccc2cc2ccccc12. The first-order valence-electron chi connectivity index (χ1n) is 5.60. The van der Waals surface area contributed by atoms with Crippen molar-refractivity contribution < 1.29 is 0 Å². The lowest BCUT2D eigenvalue weighted by Gasteiger charge is -2.06. The molecule has 0 saturated carbocycles. The van der Waals surface area contributed by atoms with Gasteiger partial charge in [-0.2, -0.15) is 0 Å². The second-order valence-electron chi connectivity index (χ2n) is 3.73. The van der Waals surface area contributed by atoms with Crippen LogP contribution in [0, 0.1) is 0 Å². The number of benzene rings is 3. The predicted octanol–water partition coefficient (Wildman–Crippen LogP) is 4.07. The lowest BCUT2D eigenvalue weighted by atomic mass is 10.0. The lowest BCUT2D eigenvalue weighted by Crippen LogP contribution is -1.88. The minimum Gasteiger partial charge on any atom is -0.398 e. The largest absolute Gasteiger partial charge is 0.398 e. The van der Waals surface area contributed by atoms with Gasteiger partial charge >= 0.3 is 0 Å². The molecule has 0 amide bonds. The van der Waals surface area contributed by atoms with Gasteiger partial charge in [0.2, 0.25) is 0 Å². The summed E-state index contributed by atoms with van der Waals surface area (Å²) in [5.74, 6) is 0. The second-order valence-corrected chi connectivity index (χ2v) is 3.73. The topological polar surface area (TPSA) is 26.0 Å². The first kappa shape index (κ1) is 11.9. The average Bonchev–Trinajstić information content (AvgIpc) is 2.41. The molecule has 1 atom stereocenters. The first-order chi connectivity index (χ1) is 8.36. The molecule has 0 radical (unpaired) electrons. The lowest BCUT2D eigenvalue weighted by molar-refractivity contribution is 1.75. The van der Waals surface area contributed by atoms with Crippen LogP contribution in [0.15, 0.2) is 54.6 Å². The molecule has 1 unspecified atom stereocenters. The Labute approximate surface area is 104 Å².